The van der Waals surface area contributed by atoms with Crippen LogP contribution in [0.25, 0.3) is 0 Å². The lowest BCUT2D eigenvalue weighted by atomic mass is 9.77. The minimum Gasteiger partial charge on any atom is -0.0620 e. The van der Waals surface area contributed by atoms with Gasteiger partial charge in [-0.05, 0) is 56.4 Å². The molecule has 2 rings (SSSR count). The molecule has 0 radical (unpaired) electrons. The first kappa shape index (κ1) is 21.7. The summed E-state index contributed by atoms with van der Waals surface area (Å²) in [7, 11) is 0. The van der Waals surface area contributed by atoms with Gasteiger partial charge in [0.1, 0.15) is 0 Å². The molecule has 0 heteroatoms. The minimum absolute atomic E-state index is 0.169. The van der Waals surface area contributed by atoms with Gasteiger partial charge >= 0.3 is 0 Å². The molecular weight excluding hydrogens is 324 g/mol. The number of hydrogen-bond donors (Lipinski definition) is 0. The second-order valence-electron chi connectivity index (χ2n) is 11.4. The zero-order valence-electron chi connectivity index (χ0n) is 19.3. The summed E-state index contributed by atoms with van der Waals surface area (Å²) in [5.41, 5.74) is 7.83. The molecule has 0 saturated heterocycles. The second kappa shape index (κ2) is 7.46. The average molecular weight is 365 g/mol. The molecule has 2 aromatic carbocycles. The molecule has 1 atom stereocenters. The van der Waals surface area contributed by atoms with Gasteiger partial charge in [-0.3, -0.25) is 0 Å². The SMILES string of the molecule is CC(Cc1cc(C(C)(C)C)cc(C(C)(C)C)c1)c1ccccc1C(C)(C)C. The fraction of sp³-hybridized carbons (Fsp3) is 0.556. The fourth-order valence-corrected chi connectivity index (χ4v) is 3.75. The highest BCUT2D eigenvalue weighted by molar-refractivity contribution is 5.40. The summed E-state index contributed by atoms with van der Waals surface area (Å²) in [5.74, 6) is 0.503. The Morgan fingerprint density at radius 2 is 1.15 bits per heavy atom. The van der Waals surface area contributed by atoms with Crippen molar-refractivity contribution in [2.24, 2.45) is 0 Å². The third-order valence-corrected chi connectivity index (χ3v) is 5.57. The molecule has 1 unspecified atom stereocenters. The molecule has 0 spiro atoms. The van der Waals surface area contributed by atoms with Crippen LogP contribution >= 0.6 is 0 Å². The molecule has 0 saturated carbocycles. The van der Waals surface area contributed by atoms with Gasteiger partial charge in [0.25, 0.3) is 0 Å². The van der Waals surface area contributed by atoms with Gasteiger partial charge in [-0.25, -0.2) is 0 Å². The summed E-state index contributed by atoms with van der Waals surface area (Å²) in [6.45, 7) is 23.2. The minimum atomic E-state index is 0.169. The van der Waals surface area contributed by atoms with Gasteiger partial charge in [0.2, 0.25) is 0 Å². The van der Waals surface area contributed by atoms with E-state index in [2.05, 4.69) is 112 Å². The summed E-state index contributed by atoms with van der Waals surface area (Å²) >= 11 is 0. The van der Waals surface area contributed by atoms with E-state index in [1.165, 1.54) is 27.8 Å². The largest absolute Gasteiger partial charge is 0.0620 e. The molecule has 0 nitrogen and oxygen atoms in total. The van der Waals surface area contributed by atoms with Gasteiger partial charge in [0.05, 0.1) is 0 Å². The van der Waals surface area contributed by atoms with Crippen molar-refractivity contribution in [3.05, 3.63) is 70.3 Å². The Bertz CT molecular complexity index is 741. The van der Waals surface area contributed by atoms with E-state index in [4.69, 9.17) is 0 Å². The molecule has 0 aromatic heterocycles. The Morgan fingerprint density at radius 3 is 1.59 bits per heavy atom. The first-order valence-electron chi connectivity index (χ1n) is 10.4. The molecule has 0 aliphatic carbocycles. The van der Waals surface area contributed by atoms with Crippen LogP contribution in [0.3, 0.4) is 0 Å². The molecule has 0 bridgehead atoms. The number of rotatable bonds is 3. The third-order valence-electron chi connectivity index (χ3n) is 5.57. The summed E-state index contributed by atoms with van der Waals surface area (Å²) in [4.78, 5) is 0. The van der Waals surface area contributed by atoms with Crippen LogP contribution in [0.4, 0.5) is 0 Å². The van der Waals surface area contributed by atoms with Crippen molar-refractivity contribution in [1.29, 1.82) is 0 Å². The highest BCUT2D eigenvalue weighted by Crippen LogP contribution is 2.35. The van der Waals surface area contributed by atoms with Crippen LogP contribution in [0.15, 0.2) is 42.5 Å². The van der Waals surface area contributed by atoms with Crippen LogP contribution in [-0.2, 0) is 22.7 Å². The van der Waals surface area contributed by atoms with Gasteiger partial charge in [-0.2, -0.15) is 0 Å². The zero-order valence-corrected chi connectivity index (χ0v) is 19.3. The van der Waals surface area contributed by atoms with E-state index in [0.717, 1.165) is 6.42 Å². The fourth-order valence-electron chi connectivity index (χ4n) is 3.75. The van der Waals surface area contributed by atoms with Crippen molar-refractivity contribution < 1.29 is 0 Å². The number of benzene rings is 2. The van der Waals surface area contributed by atoms with E-state index in [0.29, 0.717) is 5.92 Å². The van der Waals surface area contributed by atoms with Crippen LogP contribution in [0.2, 0.25) is 0 Å². The van der Waals surface area contributed by atoms with Gasteiger partial charge in [-0.15, -0.1) is 0 Å². The molecule has 0 aliphatic heterocycles. The van der Waals surface area contributed by atoms with Crippen LogP contribution in [0.5, 0.6) is 0 Å². The van der Waals surface area contributed by atoms with Crippen LogP contribution in [0.1, 0.15) is 103 Å². The van der Waals surface area contributed by atoms with Crippen molar-refractivity contribution in [3.8, 4) is 0 Å². The molecule has 0 heterocycles. The lowest BCUT2D eigenvalue weighted by molar-refractivity contribution is 0.563. The van der Waals surface area contributed by atoms with Gasteiger partial charge in [0, 0.05) is 0 Å². The normalized spacial score (nSPS) is 14.3. The van der Waals surface area contributed by atoms with Gasteiger partial charge in [-0.1, -0.05) is 112 Å². The monoisotopic (exact) mass is 364 g/mol. The molecule has 0 aliphatic rings. The summed E-state index contributed by atoms with van der Waals surface area (Å²) in [5, 5.41) is 0. The van der Waals surface area contributed by atoms with E-state index in [-0.39, 0.29) is 16.2 Å². The molecule has 148 valence electrons. The maximum absolute atomic E-state index is 2.44. The lowest BCUT2D eigenvalue weighted by Gasteiger charge is -2.28. The quantitative estimate of drug-likeness (QED) is 0.518. The highest BCUT2D eigenvalue weighted by Gasteiger charge is 2.23. The Hall–Kier alpha value is -1.56. The first-order chi connectivity index (χ1) is 12.2. The number of hydrogen-bond acceptors (Lipinski definition) is 0. The van der Waals surface area contributed by atoms with Crippen molar-refractivity contribution >= 4 is 0 Å². The molecule has 2 aromatic rings. The maximum atomic E-state index is 2.44. The van der Waals surface area contributed by atoms with E-state index in [1.54, 1.807) is 0 Å². The van der Waals surface area contributed by atoms with Crippen molar-refractivity contribution in [2.45, 2.75) is 97.8 Å². The molecule has 27 heavy (non-hydrogen) atoms. The van der Waals surface area contributed by atoms with E-state index >= 15 is 0 Å². The molecular formula is C27H40. The van der Waals surface area contributed by atoms with Crippen molar-refractivity contribution in [3.63, 3.8) is 0 Å². The van der Waals surface area contributed by atoms with Gasteiger partial charge < -0.3 is 0 Å². The Morgan fingerprint density at radius 1 is 0.667 bits per heavy atom. The van der Waals surface area contributed by atoms with Gasteiger partial charge in [0.15, 0.2) is 0 Å². The van der Waals surface area contributed by atoms with Crippen LogP contribution in [-0.4, -0.2) is 0 Å². The topological polar surface area (TPSA) is 0 Å². The third kappa shape index (κ3) is 5.47. The van der Waals surface area contributed by atoms with E-state index in [1.807, 2.05) is 0 Å². The van der Waals surface area contributed by atoms with E-state index in [9.17, 15) is 0 Å². The predicted molar refractivity (Wildman–Crippen MR) is 121 cm³/mol. The van der Waals surface area contributed by atoms with Crippen molar-refractivity contribution in [1.82, 2.24) is 0 Å². The molecule has 0 N–H and O–H groups in total. The molecule has 0 amide bonds. The van der Waals surface area contributed by atoms with Crippen molar-refractivity contribution in [2.75, 3.05) is 0 Å². The van der Waals surface area contributed by atoms with Crippen LogP contribution < -0.4 is 0 Å². The smallest absolute Gasteiger partial charge is 0.0129 e. The summed E-state index contributed by atoms with van der Waals surface area (Å²) in [6, 6.07) is 16.3. The Labute approximate surface area is 168 Å². The predicted octanol–water partition coefficient (Wildman–Crippen LogP) is 7.93. The Kier molecular flexibility index (Phi) is 6.00. The maximum Gasteiger partial charge on any atom is -0.0129 e. The Balaban J connectivity index is 2.46. The highest BCUT2D eigenvalue weighted by atomic mass is 14.3. The average Bonchev–Trinajstić information content (AvgIpc) is 2.52. The standard InChI is InChI=1S/C27H40/c1-19(23-13-11-12-14-24(23)27(8,9)10)15-20-16-21(25(2,3)4)18-22(17-20)26(5,6)7/h11-14,16-19H,15H2,1-10H3. The van der Waals surface area contributed by atoms with Crippen LogP contribution in [0, 0.1) is 0 Å². The summed E-state index contributed by atoms with van der Waals surface area (Å²) < 4.78 is 0. The summed E-state index contributed by atoms with van der Waals surface area (Å²) in [6.07, 6.45) is 1.08. The van der Waals surface area contributed by atoms with E-state index < -0.39 is 0 Å². The zero-order chi connectivity index (χ0) is 20.6. The lowest BCUT2D eigenvalue weighted by Crippen LogP contribution is -2.18. The second-order valence-corrected chi connectivity index (χ2v) is 11.4. The first-order valence-corrected chi connectivity index (χ1v) is 10.4. The molecule has 0 fully saturated rings.